The number of nitroso groups, excluding NO2 is 1. The Morgan fingerprint density at radius 2 is 2.00 bits per heavy atom. The predicted molar refractivity (Wildman–Crippen MR) is 60.8 cm³/mol. The summed E-state index contributed by atoms with van der Waals surface area (Å²) in [6, 6.07) is 9.53. The van der Waals surface area contributed by atoms with Gasteiger partial charge in [0, 0.05) is 0 Å². The summed E-state index contributed by atoms with van der Waals surface area (Å²) in [7, 11) is 0. The first-order chi connectivity index (χ1) is 7.72. The van der Waals surface area contributed by atoms with Crippen molar-refractivity contribution < 1.29 is 0 Å². The second kappa shape index (κ2) is 4.14. The smallest absolute Gasteiger partial charge is 0.296 e. The van der Waals surface area contributed by atoms with Gasteiger partial charge in [0.2, 0.25) is 0 Å². The third kappa shape index (κ3) is 1.79. The van der Waals surface area contributed by atoms with Crippen LogP contribution < -0.4 is 5.56 Å². The first-order valence-electron chi connectivity index (χ1n) is 4.89. The highest BCUT2D eigenvalue weighted by Crippen LogP contribution is 2.10. The van der Waals surface area contributed by atoms with Crippen molar-refractivity contribution in [2.24, 2.45) is 5.18 Å². The van der Waals surface area contributed by atoms with Crippen LogP contribution in [-0.2, 0) is 6.54 Å². The molecule has 1 N–H and O–H groups in total. The molecule has 0 aliphatic rings. The van der Waals surface area contributed by atoms with E-state index in [1.54, 1.807) is 6.92 Å². The summed E-state index contributed by atoms with van der Waals surface area (Å²) >= 11 is 0. The van der Waals surface area contributed by atoms with E-state index in [1.165, 1.54) is 4.68 Å². The Morgan fingerprint density at radius 1 is 1.31 bits per heavy atom. The van der Waals surface area contributed by atoms with Crippen LogP contribution in [0.4, 0.5) is 5.69 Å². The van der Waals surface area contributed by atoms with Gasteiger partial charge in [-0.2, -0.15) is 0 Å². The van der Waals surface area contributed by atoms with Crippen molar-refractivity contribution in [3.8, 4) is 0 Å². The molecule has 2 aromatic rings. The van der Waals surface area contributed by atoms with Crippen molar-refractivity contribution in [2.75, 3.05) is 0 Å². The van der Waals surface area contributed by atoms with Gasteiger partial charge in [0.15, 0.2) is 5.69 Å². The van der Waals surface area contributed by atoms with E-state index in [9.17, 15) is 9.70 Å². The van der Waals surface area contributed by atoms with Gasteiger partial charge in [-0.3, -0.25) is 9.89 Å². The lowest BCUT2D eigenvalue weighted by Crippen LogP contribution is -2.16. The van der Waals surface area contributed by atoms with Gasteiger partial charge in [-0.25, -0.2) is 4.68 Å². The maximum absolute atomic E-state index is 11.7. The van der Waals surface area contributed by atoms with Gasteiger partial charge in [0.25, 0.3) is 5.56 Å². The molecule has 0 fully saturated rings. The van der Waals surface area contributed by atoms with Gasteiger partial charge in [-0.1, -0.05) is 30.3 Å². The SMILES string of the molecule is Cc1[nH]n(Cc2ccccc2)c(=O)c1N=O. The number of benzene rings is 1. The molecule has 0 bridgehead atoms. The number of hydrogen-bond acceptors (Lipinski definition) is 3. The summed E-state index contributed by atoms with van der Waals surface area (Å²) in [5.74, 6) is 0. The molecule has 0 aliphatic heterocycles. The molecule has 1 aromatic carbocycles. The molecule has 0 amide bonds. The molecule has 1 heterocycles. The van der Waals surface area contributed by atoms with Gasteiger partial charge in [0.05, 0.1) is 12.2 Å². The Kier molecular flexibility index (Phi) is 2.68. The molecule has 2 rings (SSSR count). The molecule has 0 radical (unpaired) electrons. The van der Waals surface area contributed by atoms with Crippen LogP contribution >= 0.6 is 0 Å². The topological polar surface area (TPSA) is 67.2 Å². The number of H-pyrrole nitrogens is 1. The second-order valence-corrected chi connectivity index (χ2v) is 3.55. The zero-order valence-corrected chi connectivity index (χ0v) is 8.80. The number of hydrogen-bond donors (Lipinski definition) is 1. The zero-order valence-electron chi connectivity index (χ0n) is 8.80. The molecule has 0 spiro atoms. The van der Waals surface area contributed by atoms with Crippen molar-refractivity contribution in [3.63, 3.8) is 0 Å². The number of rotatable bonds is 3. The molecule has 0 atom stereocenters. The molecule has 5 nitrogen and oxygen atoms in total. The normalized spacial score (nSPS) is 10.3. The fraction of sp³-hybridized carbons (Fsp3) is 0.182. The molecule has 5 heteroatoms. The molecule has 82 valence electrons. The monoisotopic (exact) mass is 217 g/mol. The lowest BCUT2D eigenvalue weighted by Gasteiger charge is -2.00. The highest BCUT2D eigenvalue weighted by molar-refractivity contribution is 5.38. The average Bonchev–Trinajstić information content (AvgIpc) is 2.55. The van der Waals surface area contributed by atoms with Crippen LogP contribution in [0, 0.1) is 11.8 Å². The third-order valence-corrected chi connectivity index (χ3v) is 2.38. The van der Waals surface area contributed by atoms with Crippen LogP contribution in [0.15, 0.2) is 40.3 Å². The summed E-state index contributed by atoms with van der Waals surface area (Å²) in [6.07, 6.45) is 0. The largest absolute Gasteiger partial charge is 0.297 e. The minimum atomic E-state index is -0.378. The Labute approximate surface area is 91.7 Å². The lowest BCUT2D eigenvalue weighted by atomic mass is 10.2. The number of aromatic amines is 1. The van der Waals surface area contributed by atoms with Crippen LogP contribution in [-0.4, -0.2) is 9.78 Å². The summed E-state index contributed by atoms with van der Waals surface area (Å²) in [5, 5.41) is 5.54. The summed E-state index contributed by atoms with van der Waals surface area (Å²) in [6.45, 7) is 2.07. The minimum absolute atomic E-state index is 0.0454. The summed E-state index contributed by atoms with van der Waals surface area (Å²) < 4.78 is 1.38. The molecule has 0 aliphatic carbocycles. The minimum Gasteiger partial charge on any atom is -0.297 e. The maximum Gasteiger partial charge on any atom is 0.296 e. The van der Waals surface area contributed by atoms with E-state index in [1.807, 2.05) is 30.3 Å². The van der Waals surface area contributed by atoms with E-state index in [4.69, 9.17) is 0 Å². The Morgan fingerprint density at radius 3 is 2.56 bits per heavy atom. The Balaban J connectivity index is 2.37. The van der Waals surface area contributed by atoms with Crippen LogP contribution in [0.2, 0.25) is 0 Å². The standard InChI is InChI=1S/C11H11N3O2/c1-8-10(13-16)11(15)14(12-8)7-9-5-3-2-4-6-9/h2-6,12H,7H2,1H3. The summed E-state index contributed by atoms with van der Waals surface area (Å²) in [5.41, 5.74) is 1.06. The van der Waals surface area contributed by atoms with Crippen LogP contribution in [0.25, 0.3) is 0 Å². The van der Waals surface area contributed by atoms with Gasteiger partial charge in [0.1, 0.15) is 0 Å². The number of nitrogens with one attached hydrogen (secondary N) is 1. The number of aromatic nitrogens is 2. The van der Waals surface area contributed by atoms with Gasteiger partial charge < -0.3 is 0 Å². The highest BCUT2D eigenvalue weighted by Gasteiger charge is 2.11. The first kappa shape index (κ1) is 10.4. The highest BCUT2D eigenvalue weighted by atomic mass is 16.3. The predicted octanol–water partition coefficient (Wildman–Crippen LogP) is 1.93. The fourth-order valence-electron chi connectivity index (χ4n) is 1.58. The second-order valence-electron chi connectivity index (χ2n) is 3.55. The van der Waals surface area contributed by atoms with E-state index >= 15 is 0 Å². The van der Waals surface area contributed by atoms with Gasteiger partial charge in [-0.05, 0) is 17.7 Å². The Hall–Kier alpha value is -2.17. The molecule has 0 unspecified atom stereocenters. The van der Waals surface area contributed by atoms with E-state index < -0.39 is 0 Å². The van der Waals surface area contributed by atoms with Crippen molar-refractivity contribution in [1.82, 2.24) is 9.78 Å². The molecule has 16 heavy (non-hydrogen) atoms. The third-order valence-electron chi connectivity index (χ3n) is 2.38. The van der Waals surface area contributed by atoms with Crippen LogP contribution in [0.1, 0.15) is 11.3 Å². The van der Waals surface area contributed by atoms with E-state index in [2.05, 4.69) is 10.3 Å². The van der Waals surface area contributed by atoms with E-state index in [-0.39, 0.29) is 11.2 Å². The zero-order chi connectivity index (χ0) is 11.5. The number of aryl methyl sites for hydroxylation is 1. The Bertz CT molecular complexity index is 554. The van der Waals surface area contributed by atoms with Crippen molar-refractivity contribution in [1.29, 1.82) is 0 Å². The van der Waals surface area contributed by atoms with Crippen LogP contribution in [0.5, 0.6) is 0 Å². The van der Waals surface area contributed by atoms with E-state index in [0.717, 1.165) is 5.56 Å². The molecular weight excluding hydrogens is 206 g/mol. The number of nitrogens with zero attached hydrogens (tertiary/aromatic N) is 2. The van der Waals surface area contributed by atoms with Crippen molar-refractivity contribution >= 4 is 5.69 Å². The van der Waals surface area contributed by atoms with E-state index in [0.29, 0.717) is 12.2 Å². The van der Waals surface area contributed by atoms with Gasteiger partial charge in [-0.15, -0.1) is 4.91 Å². The van der Waals surface area contributed by atoms with Gasteiger partial charge >= 0.3 is 0 Å². The summed E-state index contributed by atoms with van der Waals surface area (Å²) in [4.78, 5) is 22.1. The molecule has 0 saturated carbocycles. The fourth-order valence-corrected chi connectivity index (χ4v) is 1.58. The first-order valence-corrected chi connectivity index (χ1v) is 4.89. The molecule has 0 saturated heterocycles. The van der Waals surface area contributed by atoms with Crippen LogP contribution in [0.3, 0.4) is 0 Å². The van der Waals surface area contributed by atoms with Crippen molar-refractivity contribution in [2.45, 2.75) is 13.5 Å². The van der Waals surface area contributed by atoms with Crippen molar-refractivity contribution in [3.05, 3.63) is 56.9 Å². The quantitative estimate of drug-likeness (QED) is 0.798. The lowest BCUT2D eigenvalue weighted by molar-refractivity contribution is 0.658. The maximum atomic E-state index is 11.7. The molecular formula is C11H11N3O2. The molecule has 1 aromatic heterocycles. The average molecular weight is 217 g/mol.